The molecular formula is C42H48SiZr-4. The van der Waals surface area contributed by atoms with Gasteiger partial charge in [-0.25, -0.2) is 0 Å². The van der Waals surface area contributed by atoms with Crippen LogP contribution in [0.25, 0.3) is 43.8 Å². The van der Waals surface area contributed by atoms with Crippen molar-refractivity contribution in [2.45, 2.75) is 66.7 Å². The van der Waals surface area contributed by atoms with Gasteiger partial charge in [0.15, 0.2) is 0 Å². The minimum absolute atomic E-state index is 0. The fraction of sp³-hybridized carbons (Fsp3) is 0.238. The van der Waals surface area contributed by atoms with E-state index in [0.717, 1.165) is 0 Å². The third-order valence-corrected chi connectivity index (χ3v) is 8.08. The van der Waals surface area contributed by atoms with Crippen LogP contribution in [0.5, 0.6) is 0 Å². The molecule has 0 saturated carbocycles. The molecule has 0 bridgehead atoms. The van der Waals surface area contributed by atoms with Gasteiger partial charge in [-0.2, -0.15) is 12.1 Å². The zero-order valence-corrected chi connectivity index (χ0v) is 31.9. The van der Waals surface area contributed by atoms with Crippen LogP contribution in [0.2, 0.25) is 0 Å². The molecule has 2 heteroatoms. The monoisotopic (exact) mass is 670 g/mol. The fourth-order valence-electron chi connectivity index (χ4n) is 5.65. The van der Waals surface area contributed by atoms with E-state index in [1.807, 2.05) is 0 Å². The van der Waals surface area contributed by atoms with Crippen LogP contribution < -0.4 is 0 Å². The van der Waals surface area contributed by atoms with Crippen LogP contribution in [0.3, 0.4) is 0 Å². The Kier molecular flexibility index (Phi) is 13.6. The number of hydrogen-bond donors (Lipinski definition) is 0. The molecule has 0 N–H and O–H groups in total. The first-order valence-electron chi connectivity index (χ1n) is 14.8. The summed E-state index contributed by atoms with van der Waals surface area (Å²) in [6.45, 7) is 20.8. The minimum atomic E-state index is 0. The fourth-order valence-corrected chi connectivity index (χ4v) is 5.65. The Hall–Kier alpha value is -2.80. The van der Waals surface area contributed by atoms with E-state index in [2.05, 4.69) is 165 Å². The molecule has 44 heavy (non-hydrogen) atoms. The average molecular weight is 672 g/mol. The summed E-state index contributed by atoms with van der Waals surface area (Å²) in [6, 6.07) is 38.1. The summed E-state index contributed by atoms with van der Waals surface area (Å²) in [4.78, 5) is 0. The molecule has 0 nitrogen and oxygen atoms in total. The van der Waals surface area contributed by atoms with Gasteiger partial charge in [0.25, 0.3) is 0 Å². The van der Waals surface area contributed by atoms with Gasteiger partial charge in [-0.3, -0.25) is 0 Å². The quantitative estimate of drug-likeness (QED) is 0.130. The molecule has 6 rings (SSSR count). The summed E-state index contributed by atoms with van der Waals surface area (Å²) in [6.07, 6.45) is 0. The second-order valence-corrected chi connectivity index (χ2v) is 12.7. The third kappa shape index (κ3) is 8.47. The summed E-state index contributed by atoms with van der Waals surface area (Å²) in [7, 11) is 0. The molecule has 0 aliphatic rings. The van der Waals surface area contributed by atoms with Crippen molar-refractivity contribution in [2.24, 2.45) is 0 Å². The van der Waals surface area contributed by atoms with Crippen molar-refractivity contribution >= 4 is 28.4 Å². The van der Waals surface area contributed by atoms with Crippen LogP contribution in [0, 0.1) is 35.6 Å². The maximum absolute atomic E-state index is 3.06. The van der Waals surface area contributed by atoms with Gasteiger partial charge in [0.1, 0.15) is 0 Å². The molecule has 0 amide bonds. The number of rotatable bonds is 3. The molecule has 0 aliphatic heterocycles. The van der Waals surface area contributed by atoms with Crippen LogP contribution in [-0.4, -0.2) is 6.88 Å². The summed E-state index contributed by atoms with van der Waals surface area (Å²) >= 11 is 1.36. The first-order chi connectivity index (χ1) is 20.0. The molecule has 0 aliphatic carbocycles. The molecule has 228 valence electrons. The van der Waals surface area contributed by atoms with Crippen LogP contribution in [0.1, 0.15) is 68.4 Å². The first-order valence-corrected chi connectivity index (χ1v) is 19.0. The van der Waals surface area contributed by atoms with E-state index in [4.69, 9.17) is 0 Å². The molecule has 0 heterocycles. The van der Waals surface area contributed by atoms with E-state index < -0.39 is 0 Å². The summed E-state index contributed by atoms with van der Waals surface area (Å²) in [5.41, 5.74) is 12.3. The van der Waals surface area contributed by atoms with Crippen molar-refractivity contribution in [3.8, 4) is 22.3 Å². The van der Waals surface area contributed by atoms with Gasteiger partial charge in [-0.1, -0.05) is 126 Å². The second-order valence-electron chi connectivity index (χ2n) is 12.7. The van der Waals surface area contributed by atoms with Gasteiger partial charge in [-0.05, 0) is 34.9 Å². The number of hydrogen-bond acceptors (Lipinski definition) is 0. The molecule has 0 fully saturated rings. The van der Waals surface area contributed by atoms with Crippen molar-refractivity contribution in [2.75, 3.05) is 0 Å². The summed E-state index contributed by atoms with van der Waals surface area (Å²) in [5, 5.41) is 5.47. The molecule has 0 saturated heterocycles. The van der Waals surface area contributed by atoms with Gasteiger partial charge in [0, 0.05) is 0 Å². The van der Waals surface area contributed by atoms with E-state index in [1.54, 1.807) is 0 Å². The average Bonchev–Trinajstić information content (AvgIpc) is 3.59. The van der Waals surface area contributed by atoms with E-state index in [9.17, 15) is 0 Å². The first kappa shape index (κ1) is 37.4. The van der Waals surface area contributed by atoms with Crippen molar-refractivity contribution in [1.82, 2.24) is 0 Å². The zero-order valence-electron chi connectivity index (χ0n) is 28.4. The van der Waals surface area contributed by atoms with Crippen LogP contribution in [0.4, 0.5) is 0 Å². The number of fused-ring (bicyclic) bond motifs is 2. The molecule has 0 aromatic heterocycles. The Bertz CT molecular complexity index is 1790. The van der Waals surface area contributed by atoms with Crippen molar-refractivity contribution < 1.29 is 23.3 Å². The molecule has 0 atom stereocenters. The van der Waals surface area contributed by atoms with Crippen molar-refractivity contribution in [3.05, 3.63) is 146 Å². The Morgan fingerprint density at radius 2 is 1.30 bits per heavy atom. The molecule has 0 unspecified atom stereocenters. The second kappa shape index (κ2) is 16.0. The SMILES string of the molecule is Cc1cc2c(-c3ccc(C(C)(C)C)cc3)ccc(C)c2[cH-]1.Cc1cccc(-c2cccc3[cH-]c(C(C)C)cc23)c1.[CH3-].[CH3-].[Si]=[Zr]. The van der Waals surface area contributed by atoms with Gasteiger partial charge in [0.2, 0.25) is 0 Å². The van der Waals surface area contributed by atoms with Crippen molar-refractivity contribution in [1.29, 1.82) is 0 Å². The number of aryl methyl sites for hydroxylation is 3. The van der Waals surface area contributed by atoms with E-state index in [0.29, 0.717) is 5.92 Å². The van der Waals surface area contributed by atoms with E-state index in [-0.39, 0.29) is 20.3 Å². The number of benzene rings is 4. The van der Waals surface area contributed by atoms with Crippen LogP contribution >= 0.6 is 0 Å². The predicted octanol–water partition coefficient (Wildman–Crippen LogP) is 12.3. The van der Waals surface area contributed by atoms with E-state index >= 15 is 0 Å². The molecular weight excluding hydrogens is 624 g/mol. The van der Waals surface area contributed by atoms with Crippen molar-refractivity contribution in [3.63, 3.8) is 0 Å². The molecule has 2 radical (unpaired) electrons. The summed E-state index contributed by atoms with van der Waals surface area (Å²) < 4.78 is 0. The Morgan fingerprint density at radius 1 is 0.659 bits per heavy atom. The molecule has 6 aromatic carbocycles. The summed E-state index contributed by atoms with van der Waals surface area (Å²) in [5.74, 6) is 0.581. The third-order valence-electron chi connectivity index (χ3n) is 8.08. The van der Waals surface area contributed by atoms with Gasteiger partial charge >= 0.3 is 30.2 Å². The molecule has 0 spiro atoms. The molecule has 6 aromatic rings. The maximum atomic E-state index is 3.06. The zero-order chi connectivity index (χ0) is 30.6. The van der Waals surface area contributed by atoms with E-state index in [1.165, 1.54) is 95.0 Å². The predicted molar refractivity (Wildman–Crippen MR) is 196 cm³/mol. The van der Waals surface area contributed by atoms with Crippen LogP contribution in [0.15, 0.2) is 103 Å². The standard InChI is InChI=1S/C21H23.C19H19.2CH3.Si.Zr/c1-14-12-19-15(2)6-11-18(20(19)13-14)16-7-9-17(10-8-16)21(3,4)5;1-13(2)17-11-16-8-5-9-18(19(16)12-17)15-7-4-6-14(3)10-15;;;;/h6-13H,1-5H3;4-13H,1-3H3;2*1H3;;/q4*-1;;. The van der Waals surface area contributed by atoms with Gasteiger partial charge < -0.3 is 14.9 Å². The Morgan fingerprint density at radius 3 is 1.91 bits per heavy atom. The van der Waals surface area contributed by atoms with Gasteiger partial charge in [-0.15, -0.1) is 68.6 Å². The Labute approximate surface area is 284 Å². The van der Waals surface area contributed by atoms with Crippen LogP contribution in [-0.2, 0) is 28.8 Å². The topological polar surface area (TPSA) is 0 Å². The Balaban J connectivity index is 0.000000280. The normalized spacial score (nSPS) is 10.7. The van der Waals surface area contributed by atoms with Gasteiger partial charge in [0.05, 0.1) is 0 Å².